The number of hydrogen-bond donors (Lipinski definition) is 2. The normalized spacial score (nSPS) is 10.8. The molecule has 3 aromatic carbocycles. The molecule has 40 heavy (non-hydrogen) atoms. The lowest BCUT2D eigenvalue weighted by molar-refractivity contribution is -0.384. The fourth-order valence-corrected chi connectivity index (χ4v) is 4.39. The van der Waals surface area contributed by atoms with Gasteiger partial charge in [-0.05, 0) is 42.7 Å². The maximum absolute atomic E-state index is 13.7. The van der Waals surface area contributed by atoms with Crippen LogP contribution in [0.1, 0.15) is 16.7 Å². The number of carbonyl (C=O) groups excluding carboxylic acids is 2. The quantitative estimate of drug-likeness (QED) is 0.189. The molecule has 1 heterocycles. The summed E-state index contributed by atoms with van der Waals surface area (Å²) in [5.74, 6) is -0.199. The van der Waals surface area contributed by atoms with Crippen molar-refractivity contribution in [2.75, 3.05) is 38.7 Å². The molecule has 0 aliphatic carbocycles. The molecule has 0 atom stereocenters. The molecule has 0 unspecified atom stereocenters. The van der Waals surface area contributed by atoms with E-state index in [2.05, 4.69) is 16.4 Å². The average molecular weight is 544 g/mol. The Kier molecular flexibility index (Phi) is 9.48. The number of nitrogens with one attached hydrogen (secondary N) is 2. The molecule has 10 heteroatoms. The van der Waals surface area contributed by atoms with Gasteiger partial charge in [-0.15, -0.1) is 0 Å². The summed E-state index contributed by atoms with van der Waals surface area (Å²) in [6.45, 7) is 3.18. The predicted molar refractivity (Wildman–Crippen MR) is 154 cm³/mol. The van der Waals surface area contributed by atoms with Gasteiger partial charge in [0.2, 0.25) is 5.91 Å². The van der Waals surface area contributed by atoms with Crippen LogP contribution in [0, 0.1) is 17.0 Å². The van der Waals surface area contributed by atoms with E-state index in [1.807, 2.05) is 55.6 Å². The number of carbonyl (C=O) groups is 2. The number of nitrogens with zero attached hydrogens (tertiary/aromatic N) is 3. The van der Waals surface area contributed by atoms with E-state index in [9.17, 15) is 19.7 Å². The smallest absolute Gasteiger partial charge is 0.322 e. The van der Waals surface area contributed by atoms with Gasteiger partial charge < -0.3 is 24.8 Å². The summed E-state index contributed by atoms with van der Waals surface area (Å²) >= 11 is 0. The van der Waals surface area contributed by atoms with E-state index in [0.29, 0.717) is 25.2 Å². The lowest BCUT2D eigenvalue weighted by Crippen LogP contribution is -2.46. The van der Waals surface area contributed by atoms with Gasteiger partial charge in [0.05, 0.1) is 11.5 Å². The van der Waals surface area contributed by atoms with E-state index in [1.165, 1.54) is 36.3 Å². The first-order valence-electron chi connectivity index (χ1n) is 13.0. The van der Waals surface area contributed by atoms with E-state index in [4.69, 9.17) is 4.74 Å². The Morgan fingerprint density at radius 3 is 2.40 bits per heavy atom. The largest absolute Gasteiger partial charge is 0.383 e. The summed E-state index contributed by atoms with van der Waals surface area (Å²) in [7, 11) is 1.53. The fraction of sp³-hybridized carbons (Fsp3) is 0.267. The number of nitro benzene ring substituents is 1. The molecule has 10 nitrogen and oxygen atoms in total. The molecule has 3 amide bonds. The van der Waals surface area contributed by atoms with E-state index < -0.39 is 11.0 Å². The van der Waals surface area contributed by atoms with Crippen LogP contribution in [0.4, 0.5) is 16.2 Å². The van der Waals surface area contributed by atoms with Gasteiger partial charge in [0.15, 0.2) is 0 Å². The van der Waals surface area contributed by atoms with Crippen LogP contribution in [0.15, 0.2) is 79.0 Å². The number of amides is 3. The third-order valence-corrected chi connectivity index (χ3v) is 6.68. The molecule has 0 saturated carbocycles. The number of anilines is 1. The molecule has 0 fully saturated rings. The van der Waals surface area contributed by atoms with Crippen molar-refractivity contribution >= 4 is 34.2 Å². The van der Waals surface area contributed by atoms with Crippen LogP contribution in [-0.4, -0.2) is 65.0 Å². The number of fused-ring (bicyclic) bond motifs is 1. The number of nitro groups is 1. The lowest BCUT2D eigenvalue weighted by Gasteiger charge is -2.28. The second-order valence-electron chi connectivity index (χ2n) is 9.56. The van der Waals surface area contributed by atoms with Crippen LogP contribution in [0.5, 0.6) is 0 Å². The minimum Gasteiger partial charge on any atom is -0.383 e. The minimum absolute atomic E-state index is 0.0774. The summed E-state index contributed by atoms with van der Waals surface area (Å²) < 4.78 is 5.18. The van der Waals surface area contributed by atoms with Crippen LogP contribution >= 0.6 is 0 Å². The highest BCUT2D eigenvalue weighted by Gasteiger charge is 2.22. The number of benzene rings is 3. The van der Waals surface area contributed by atoms with Crippen LogP contribution in [0.2, 0.25) is 0 Å². The monoisotopic (exact) mass is 543 g/mol. The molecule has 4 aromatic rings. The van der Waals surface area contributed by atoms with E-state index >= 15 is 0 Å². The van der Waals surface area contributed by atoms with Gasteiger partial charge in [-0.3, -0.25) is 14.9 Å². The number of urea groups is 1. The summed E-state index contributed by atoms with van der Waals surface area (Å²) in [5.41, 5.74) is 4.60. The lowest BCUT2D eigenvalue weighted by atomic mass is 10.1. The second-order valence-corrected chi connectivity index (χ2v) is 9.56. The van der Waals surface area contributed by atoms with Gasteiger partial charge in [0, 0.05) is 61.7 Å². The molecule has 0 aliphatic heterocycles. The Labute approximate surface area is 232 Å². The van der Waals surface area contributed by atoms with Gasteiger partial charge in [-0.25, -0.2) is 4.79 Å². The molecule has 0 aliphatic rings. The third kappa shape index (κ3) is 7.45. The topological polar surface area (TPSA) is 121 Å². The number of aromatic nitrogens is 1. The molecule has 0 spiro atoms. The van der Waals surface area contributed by atoms with Crippen molar-refractivity contribution in [3.63, 3.8) is 0 Å². The zero-order valence-electron chi connectivity index (χ0n) is 22.6. The number of methoxy groups -OCH3 is 1. The standard InChI is InChI=1S/C30H33N5O5/c1-22-7-9-23(10-8-22)20-33(16-15-24-19-31-28-6-4-3-5-27(24)28)29(36)21-34(17-18-40-2)30(37)32-25-11-13-26(14-12-25)35(38)39/h3-14,19,31H,15-18,20-21H2,1-2H3,(H,32,37). The first-order chi connectivity index (χ1) is 19.3. The average Bonchev–Trinajstić information content (AvgIpc) is 3.37. The molecule has 0 radical (unpaired) electrons. The molecule has 1 aromatic heterocycles. The summed E-state index contributed by atoms with van der Waals surface area (Å²) in [4.78, 5) is 43.7. The predicted octanol–water partition coefficient (Wildman–Crippen LogP) is 5.14. The number of non-ortho nitro benzene ring substituents is 1. The number of para-hydroxylation sites is 1. The summed E-state index contributed by atoms with van der Waals surface area (Å²) in [5, 5.41) is 14.8. The van der Waals surface area contributed by atoms with Crippen molar-refractivity contribution in [3.8, 4) is 0 Å². The highest BCUT2D eigenvalue weighted by atomic mass is 16.6. The zero-order chi connectivity index (χ0) is 28.5. The minimum atomic E-state index is -0.506. The van der Waals surface area contributed by atoms with Crippen molar-refractivity contribution < 1.29 is 19.2 Å². The van der Waals surface area contributed by atoms with Crippen molar-refractivity contribution in [1.82, 2.24) is 14.8 Å². The van der Waals surface area contributed by atoms with Crippen LogP contribution < -0.4 is 5.32 Å². The van der Waals surface area contributed by atoms with Crippen LogP contribution in [0.3, 0.4) is 0 Å². The molecular formula is C30H33N5O5. The van der Waals surface area contributed by atoms with Crippen LogP contribution in [0.25, 0.3) is 10.9 Å². The molecular weight excluding hydrogens is 510 g/mol. The van der Waals surface area contributed by atoms with Gasteiger partial charge in [0.1, 0.15) is 6.54 Å². The molecule has 0 saturated heterocycles. The maximum atomic E-state index is 13.7. The Morgan fingerprint density at radius 1 is 0.975 bits per heavy atom. The molecule has 2 N–H and O–H groups in total. The summed E-state index contributed by atoms with van der Waals surface area (Å²) in [6, 6.07) is 21.1. The maximum Gasteiger partial charge on any atom is 0.322 e. The summed E-state index contributed by atoms with van der Waals surface area (Å²) in [6.07, 6.45) is 2.62. The van der Waals surface area contributed by atoms with Crippen molar-refractivity contribution in [3.05, 3.63) is 106 Å². The Bertz CT molecular complexity index is 1450. The highest BCUT2D eigenvalue weighted by molar-refractivity contribution is 5.92. The molecule has 208 valence electrons. The first-order valence-corrected chi connectivity index (χ1v) is 13.0. The van der Waals surface area contributed by atoms with Gasteiger partial charge in [-0.1, -0.05) is 48.0 Å². The number of hydrogen-bond acceptors (Lipinski definition) is 5. The number of ether oxygens (including phenoxy) is 1. The van der Waals surface area contributed by atoms with Crippen molar-refractivity contribution in [2.45, 2.75) is 19.9 Å². The van der Waals surface area contributed by atoms with E-state index in [-0.39, 0.29) is 31.3 Å². The SMILES string of the molecule is COCCN(CC(=O)N(CCc1c[nH]c2ccccc12)Cc1ccc(C)cc1)C(=O)Nc1ccc([N+](=O)[O-])cc1. The first kappa shape index (κ1) is 28.3. The van der Waals surface area contributed by atoms with E-state index in [0.717, 1.165) is 27.6 Å². The third-order valence-electron chi connectivity index (χ3n) is 6.68. The van der Waals surface area contributed by atoms with Gasteiger partial charge in [-0.2, -0.15) is 0 Å². The van der Waals surface area contributed by atoms with Crippen LogP contribution in [-0.2, 0) is 22.5 Å². The van der Waals surface area contributed by atoms with Gasteiger partial charge >= 0.3 is 6.03 Å². The number of aryl methyl sites for hydroxylation is 1. The Hall–Kier alpha value is -4.70. The molecule has 0 bridgehead atoms. The fourth-order valence-electron chi connectivity index (χ4n) is 4.39. The van der Waals surface area contributed by atoms with Crippen molar-refractivity contribution in [2.24, 2.45) is 0 Å². The van der Waals surface area contributed by atoms with Gasteiger partial charge in [0.25, 0.3) is 5.69 Å². The Morgan fingerprint density at radius 2 is 1.70 bits per heavy atom. The number of H-pyrrole nitrogens is 1. The van der Waals surface area contributed by atoms with E-state index in [1.54, 1.807) is 4.90 Å². The number of rotatable bonds is 12. The zero-order valence-corrected chi connectivity index (χ0v) is 22.6. The van der Waals surface area contributed by atoms with Crippen molar-refractivity contribution in [1.29, 1.82) is 0 Å². The molecule has 4 rings (SSSR count). The Balaban J connectivity index is 1.49. The second kappa shape index (κ2) is 13.4. The highest BCUT2D eigenvalue weighted by Crippen LogP contribution is 2.20. The number of aromatic amines is 1.